The van der Waals surface area contributed by atoms with Gasteiger partial charge in [-0.25, -0.2) is 5.01 Å². The van der Waals surface area contributed by atoms with Gasteiger partial charge in [0.2, 0.25) is 0 Å². The molecule has 0 spiro atoms. The van der Waals surface area contributed by atoms with Crippen LogP contribution < -0.4 is 0 Å². The maximum Gasteiger partial charge on any atom is 0.100 e. The van der Waals surface area contributed by atoms with Crippen molar-refractivity contribution in [1.29, 1.82) is 0 Å². The molecular weight excluding hydrogens is 188 g/mol. The Morgan fingerprint density at radius 1 is 1.53 bits per heavy atom. The van der Waals surface area contributed by atoms with Gasteiger partial charge in [0, 0.05) is 0 Å². The molecule has 0 N–H and O–H groups in total. The van der Waals surface area contributed by atoms with Crippen molar-refractivity contribution < 1.29 is 0 Å². The summed E-state index contributed by atoms with van der Waals surface area (Å²) in [5, 5.41) is 4.45. The lowest BCUT2D eigenvalue weighted by molar-refractivity contribution is 0.229. The van der Waals surface area contributed by atoms with E-state index in [-0.39, 0.29) is 12.6 Å². The molecule has 0 bridgehead atoms. The van der Waals surface area contributed by atoms with Crippen LogP contribution in [0.4, 0.5) is 0 Å². The van der Waals surface area contributed by atoms with Gasteiger partial charge in [-0.15, -0.1) is 11.3 Å². The quantitative estimate of drug-likeness (QED) is 0.426. The Balaban J connectivity index is 2.26. The summed E-state index contributed by atoms with van der Waals surface area (Å²) in [5.41, 5.74) is 2.49. The van der Waals surface area contributed by atoms with Crippen LogP contribution in [0.2, 0.25) is 0 Å². The van der Waals surface area contributed by atoms with E-state index in [2.05, 4.69) is 17.3 Å². The van der Waals surface area contributed by atoms with Crippen molar-refractivity contribution in [1.82, 2.24) is 5.01 Å². The highest BCUT2D eigenvalue weighted by atomic mass is 16.3. The number of hydrogen-bond donors (Lipinski definition) is 0. The molecule has 2 rings (SSSR count). The third-order valence-electron chi connectivity index (χ3n) is 2.82. The van der Waals surface area contributed by atoms with Crippen molar-refractivity contribution >= 4 is 0 Å². The fourth-order valence-electron chi connectivity index (χ4n) is 2.13. The molecule has 0 heterocycles. The molecule has 3 heteroatoms. The van der Waals surface area contributed by atoms with Gasteiger partial charge in [-0.1, -0.05) is 30.2 Å². The van der Waals surface area contributed by atoms with Crippen molar-refractivity contribution in [2.24, 2.45) is 5.29 Å². The molecular formula is C12H12N2O. The Bertz CT molecular complexity index is 408. The SMILES string of the molecule is C#CCN(N=O)C1CCc2ccccc21. The highest BCUT2D eigenvalue weighted by Crippen LogP contribution is 2.35. The van der Waals surface area contributed by atoms with E-state index in [0.29, 0.717) is 0 Å². The van der Waals surface area contributed by atoms with Crippen molar-refractivity contribution in [2.45, 2.75) is 18.9 Å². The van der Waals surface area contributed by atoms with Crippen LogP contribution in [0.3, 0.4) is 0 Å². The molecule has 0 amide bonds. The largest absolute Gasteiger partial charge is 0.241 e. The van der Waals surface area contributed by atoms with Crippen LogP contribution in [0.25, 0.3) is 0 Å². The number of terminal acetylenes is 1. The van der Waals surface area contributed by atoms with Crippen molar-refractivity contribution in [3.8, 4) is 12.3 Å². The Hall–Kier alpha value is -1.82. The molecule has 0 aliphatic heterocycles. The number of hydrogen-bond acceptors (Lipinski definition) is 2. The standard InChI is InChI=1S/C12H12N2O/c1-2-9-14(13-15)12-8-7-10-5-3-4-6-11(10)12/h1,3-6,12H,7-9H2. The van der Waals surface area contributed by atoms with Gasteiger partial charge < -0.3 is 0 Å². The molecule has 1 aliphatic carbocycles. The predicted molar refractivity (Wildman–Crippen MR) is 58.8 cm³/mol. The number of nitroso groups, excluding NO2 is 1. The van der Waals surface area contributed by atoms with Crippen molar-refractivity contribution in [2.75, 3.05) is 6.54 Å². The third-order valence-corrected chi connectivity index (χ3v) is 2.82. The maximum absolute atomic E-state index is 10.7. The molecule has 0 aromatic heterocycles. The summed E-state index contributed by atoms with van der Waals surface area (Å²) in [7, 11) is 0. The second-order valence-electron chi connectivity index (χ2n) is 3.64. The van der Waals surface area contributed by atoms with Crippen LogP contribution >= 0.6 is 0 Å². The summed E-state index contributed by atoms with van der Waals surface area (Å²) in [4.78, 5) is 10.7. The van der Waals surface area contributed by atoms with Gasteiger partial charge in [-0.05, 0) is 24.0 Å². The molecule has 0 radical (unpaired) electrons. The molecule has 1 atom stereocenters. The van der Waals surface area contributed by atoms with Gasteiger partial charge in [-0.3, -0.25) is 0 Å². The Kier molecular flexibility index (Phi) is 2.68. The Morgan fingerprint density at radius 3 is 3.07 bits per heavy atom. The Morgan fingerprint density at radius 2 is 2.33 bits per heavy atom. The zero-order valence-electron chi connectivity index (χ0n) is 8.39. The first-order valence-corrected chi connectivity index (χ1v) is 4.98. The summed E-state index contributed by atoms with van der Waals surface area (Å²) in [6.07, 6.45) is 7.12. The van der Waals surface area contributed by atoms with E-state index in [1.165, 1.54) is 16.1 Å². The smallest absolute Gasteiger partial charge is 0.100 e. The molecule has 0 saturated carbocycles. The number of aryl methyl sites for hydroxylation is 1. The van der Waals surface area contributed by atoms with E-state index in [1.54, 1.807) is 0 Å². The summed E-state index contributed by atoms with van der Waals surface area (Å²) < 4.78 is 0. The van der Waals surface area contributed by atoms with Crippen LogP contribution in [0.15, 0.2) is 29.6 Å². The normalized spacial score (nSPS) is 17.9. The molecule has 15 heavy (non-hydrogen) atoms. The van der Waals surface area contributed by atoms with E-state index in [4.69, 9.17) is 6.42 Å². The van der Waals surface area contributed by atoms with E-state index >= 15 is 0 Å². The molecule has 76 valence electrons. The molecule has 3 nitrogen and oxygen atoms in total. The second kappa shape index (κ2) is 4.14. The first-order chi connectivity index (χ1) is 7.36. The lowest BCUT2D eigenvalue weighted by Gasteiger charge is -2.20. The van der Waals surface area contributed by atoms with Gasteiger partial charge in [0.25, 0.3) is 0 Å². The van der Waals surface area contributed by atoms with Gasteiger partial charge >= 0.3 is 0 Å². The molecule has 1 aliphatic rings. The summed E-state index contributed by atoms with van der Waals surface area (Å²) in [5.74, 6) is 2.46. The highest BCUT2D eigenvalue weighted by Gasteiger charge is 2.27. The highest BCUT2D eigenvalue weighted by molar-refractivity contribution is 5.34. The summed E-state index contributed by atoms with van der Waals surface area (Å²) >= 11 is 0. The van der Waals surface area contributed by atoms with Gasteiger partial charge in [-0.2, -0.15) is 0 Å². The minimum absolute atomic E-state index is 0.0646. The topological polar surface area (TPSA) is 32.7 Å². The van der Waals surface area contributed by atoms with Crippen molar-refractivity contribution in [3.05, 3.63) is 40.3 Å². The minimum Gasteiger partial charge on any atom is -0.241 e. The van der Waals surface area contributed by atoms with Crippen LogP contribution in [-0.4, -0.2) is 11.6 Å². The molecule has 1 unspecified atom stereocenters. The second-order valence-corrected chi connectivity index (χ2v) is 3.64. The zero-order chi connectivity index (χ0) is 10.7. The molecule has 1 aromatic rings. The maximum atomic E-state index is 10.7. The minimum atomic E-state index is 0.0646. The van der Waals surface area contributed by atoms with Crippen LogP contribution in [0.5, 0.6) is 0 Å². The summed E-state index contributed by atoms with van der Waals surface area (Å²) in [6, 6.07) is 8.20. The van der Waals surface area contributed by atoms with E-state index < -0.39 is 0 Å². The van der Waals surface area contributed by atoms with E-state index in [1.807, 2.05) is 18.2 Å². The van der Waals surface area contributed by atoms with E-state index in [9.17, 15) is 4.91 Å². The first kappa shape index (κ1) is 9.72. The van der Waals surface area contributed by atoms with Crippen molar-refractivity contribution in [3.63, 3.8) is 0 Å². The monoisotopic (exact) mass is 200 g/mol. The predicted octanol–water partition coefficient (Wildman–Crippen LogP) is 2.29. The third kappa shape index (κ3) is 1.71. The number of rotatable bonds is 3. The average Bonchev–Trinajstić information content (AvgIpc) is 2.70. The Labute approximate surface area is 89.0 Å². The first-order valence-electron chi connectivity index (χ1n) is 4.98. The summed E-state index contributed by atoms with van der Waals surface area (Å²) in [6.45, 7) is 0.280. The average molecular weight is 200 g/mol. The zero-order valence-corrected chi connectivity index (χ0v) is 8.39. The number of benzene rings is 1. The van der Waals surface area contributed by atoms with Crippen LogP contribution in [0, 0.1) is 17.3 Å². The van der Waals surface area contributed by atoms with Gasteiger partial charge in [0.1, 0.15) is 6.54 Å². The molecule has 0 fully saturated rings. The van der Waals surface area contributed by atoms with Crippen LogP contribution in [0.1, 0.15) is 23.6 Å². The lowest BCUT2D eigenvalue weighted by atomic mass is 10.1. The van der Waals surface area contributed by atoms with Gasteiger partial charge in [0.05, 0.1) is 11.3 Å². The number of nitrogens with zero attached hydrogens (tertiary/aromatic N) is 2. The van der Waals surface area contributed by atoms with Gasteiger partial charge in [0.15, 0.2) is 0 Å². The van der Waals surface area contributed by atoms with E-state index in [0.717, 1.165) is 12.8 Å². The lowest BCUT2D eigenvalue weighted by Crippen LogP contribution is -2.21. The van der Waals surface area contributed by atoms with Crippen LogP contribution in [-0.2, 0) is 6.42 Å². The molecule has 1 aromatic carbocycles. The fourth-order valence-corrected chi connectivity index (χ4v) is 2.13. The number of fused-ring (bicyclic) bond motifs is 1. The molecule has 0 saturated heterocycles. The fraction of sp³-hybridized carbons (Fsp3) is 0.333.